The molecule has 1 fully saturated rings. The van der Waals surface area contributed by atoms with Gasteiger partial charge in [0.1, 0.15) is 0 Å². The number of aliphatic hydroxyl groups excluding tert-OH is 1. The summed E-state index contributed by atoms with van der Waals surface area (Å²) in [5.41, 5.74) is 6.54. The third kappa shape index (κ3) is 3.44. The van der Waals surface area contributed by atoms with Crippen LogP contribution in [0.5, 0.6) is 0 Å². The number of nitrogens with one attached hydrogen (secondary N) is 1. The lowest BCUT2D eigenvalue weighted by Crippen LogP contribution is -2.35. The van der Waals surface area contributed by atoms with Crippen LogP contribution in [0.4, 0.5) is 5.69 Å². The van der Waals surface area contributed by atoms with E-state index >= 15 is 0 Å². The van der Waals surface area contributed by atoms with Crippen molar-refractivity contribution in [2.75, 3.05) is 18.9 Å². The van der Waals surface area contributed by atoms with E-state index in [2.05, 4.69) is 5.32 Å². The number of hydrogen-bond donors (Lipinski definition) is 3. The van der Waals surface area contributed by atoms with Gasteiger partial charge in [0.05, 0.1) is 16.3 Å². The van der Waals surface area contributed by atoms with E-state index in [0.29, 0.717) is 34.7 Å². The molecule has 0 bridgehead atoms. The number of carbonyl (C=O) groups excluding carboxylic acids is 1. The summed E-state index contributed by atoms with van der Waals surface area (Å²) in [5.74, 6) is 0.436. The highest BCUT2D eigenvalue weighted by molar-refractivity contribution is 6.33. The number of nitrogens with two attached hydrogens (primary N) is 1. The van der Waals surface area contributed by atoms with Crippen molar-refractivity contribution in [2.24, 2.45) is 11.8 Å². The standard InChI is InChI=1S/C15H21ClN2O2/c16-13-7-3-6-12(14(13)17)15(20)18-8-10-4-1-2-5-11(10)9-19/h3,6-7,10-11,19H,1-2,4-5,8-9,17H2,(H,18,20). The van der Waals surface area contributed by atoms with Crippen molar-refractivity contribution in [3.63, 3.8) is 0 Å². The molecule has 0 saturated heterocycles. The van der Waals surface area contributed by atoms with Crippen molar-refractivity contribution in [1.82, 2.24) is 5.32 Å². The minimum absolute atomic E-state index is 0.194. The van der Waals surface area contributed by atoms with E-state index in [-0.39, 0.29) is 12.5 Å². The Labute approximate surface area is 124 Å². The van der Waals surface area contributed by atoms with Crippen LogP contribution in [0.25, 0.3) is 0 Å². The van der Waals surface area contributed by atoms with Gasteiger partial charge in [0.15, 0.2) is 0 Å². The maximum Gasteiger partial charge on any atom is 0.253 e. The highest BCUT2D eigenvalue weighted by atomic mass is 35.5. The van der Waals surface area contributed by atoms with Gasteiger partial charge in [0, 0.05) is 13.2 Å². The zero-order valence-corrected chi connectivity index (χ0v) is 12.2. The predicted octanol–water partition coefficient (Wildman–Crippen LogP) is 2.45. The topological polar surface area (TPSA) is 75.4 Å². The molecule has 2 unspecified atom stereocenters. The lowest BCUT2D eigenvalue weighted by molar-refractivity contribution is 0.0910. The summed E-state index contributed by atoms with van der Waals surface area (Å²) in [6.45, 7) is 0.774. The van der Waals surface area contributed by atoms with Crippen LogP contribution >= 0.6 is 11.6 Å². The van der Waals surface area contributed by atoms with Gasteiger partial charge in [-0.3, -0.25) is 4.79 Å². The molecule has 4 nitrogen and oxygen atoms in total. The zero-order valence-electron chi connectivity index (χ0n) is 11.4. The summed E-state index contributed by atoms with van der Waals surface area (Å²) >= 11 is 5.91. The molecule has 0 spiro atoms. The molecule has 2 rings (SSSR count). The summed E-state index contributed by atoms with van der Waals surface area (Å²) in [5, 5.41) is 12.7. The van der Waals surface area contributed by atoms with Gasteiger partial charge in [-0.2, -0.15) is 0 Å². The Kier molecular flexibility index (Phi) is 5.26. The number of benzene rings is 1. The molecule has 1 aliphatic carbocycles. The van der Waals surface area contributed by atoms with Crippen LogP contribution in [-0.2, 0) is 0 Å². The quantitative estimate of drug-likeness (QED) is 0.747. The lowest BCUT2D eigenvalue weighted by atomic mass is 9.79. The first-order valence-electron chi connectivity index (χ1n) is 7.06. The Morgan fingerprint density at radius 2 is 2.05 bits per heavy atom. The normalized spacial score (nSPS) is 22.5. The number of carbonyl (C=O) groups is 1. The fourth-order valence-corrected chi connectivity index (χ4v) is 3.02. The Morgan fingerprint density at radius 3 is 2.75 bits per heavy atom. The molecular formula is C15H21ClN2O2. The van der Waals surface area contributed by atoms with E-state index in [1.807, 2.05) is 0 Å². The zero-order chi connectivity index (χ0) is 14.5. The van der Waals surface area contributed by atoms with Crippen LogP contribution in [0, 0.1) is 11.8 Å². The summed E-state index contributed by atoms with van der Waals surface area (Å²) < 4.78 is 0. The molecule has 5 heteroatoms. The third-order valence-electron chi connectivity index (χ3n) is 4.12. The van der Waals surface area contributed by atoms with Crippen molar-refractivity contribution in [3.05, 3.63) is 28.8 Å². The molecule has 2 atom stereocenters. The number of hydrogen-bond acceptors (Lipinski definition) is 3. The van der Waals surface area contributed by atoms with E-state index < -0.39 is 0 Å². The Hall–Kier alpha value is -1.26. The van der Waals surface area contributed by atoms with Gasteiger partial charge < -0.3 is 16.2 Å². The average Bonchev–Trinajstić information content (AvgIpc) is 2.48. The molecule has 1 saturated carbocycles. The molecule has 110 valence electrons. The van der Waals surface area contributed by atoms with Crippen molar-refractivity contribution >= 4 is 23.2 Å². The fourth-order valence-electron chi connectivity index (χ4n) is 2.85. The number of anilines is 1. The minimum atomic E-state index is -0.202. The van der Waals surface area contributed by atoms with Crippen molar-refractivity contribution < 1.29 is 9.90 Å². The van der Waals surface area contributed by atoms with E-state index in [1.165, 1.54) is 0 Å². The molecule has 0 aliphatic heterocycles. The minimum Gasteiger partial charge on any atom is -0.397 e. The van der Waals surface area contributed by atoms with Crippen molar-refractivity contribution in [3.8, 4) is 0 Å². The summed E-state index contributed by atoms with van der Waals surface area (Å²) in [4.78, 5) is 12.1. The highest BCUT2D eigenvalue weighted by Gasteiger charge is 2.25. The van der Waals surface area contributed by atoms with Crippen LogP contribution in [0.15, 0.2) is 18.2 Å². The molecule has 4 N–H and O–H groups in total. The van der Waals surface area contributed by atoms with Gasteiger partial charge in [0.2, 0.25) is 0 Å². The molecule has 0 heterocycles. The number of aliphatic hydroxyl groups is 1. The third-order valence-corrected chi connectivity index (χ3v) is 4.45. The number of rotatable bonds is 4. The van der Waals surface area contributed by atoms with Crippen LogP contribution < -0.4 is 11.1 Å². The maximum atomic E-state index is 12.1. The van der Waals surface area contributed by atoms with Crippen LogP contribution in [0.2, 0.25) is 5.02 Å². The smallest absolute Gasteiger partial charge is 0.253 e. The molecule has 1 aromatic carbocycles. The second-order valence-electron chi connectivity index (χ2n) is 5.40. The van der Waals surface area contributed by atoms with Crippen LogP contribution in [0.3, 0.4) is 0 Å². The predicted molar refractivity (Wildman–Crippen MR) is 80.7 cm³/mol. The Balaban J connectivity index is 1.96. The number of amides is 1. The molecule has 1 aliphatic rings. The van der Waals surface area contributed by atoms with Gasteiger partial charge in [-0.15, -0.1) is 0 Å². The second-order valence-corrected chi connectivity index (χ2v) is 5.81. The van der Waals surface area contributed by atoms with E-state index in [9.17, 15) is 9.90 Å². The van der Waals surface area contributed by atoms with E-state index in [0.717, 1.165) is 25.7 Å². The maximum absolute atomic E-state index is 12.1. The Bertz CT molecular complexity index is 479. The monoisotopic (exact) mass is 296 g/mol. The SMILES string of the molecule is Nc1c(Cl)cccc1C(=O)NCC1CCCCC1CO. The van der Waals surface area contributed by atoms with Gasteiger partial charge in [-0.25, -0.2) is 0 Å². The largest absolute Gasteiger partial charge is 0.397 e. The van der Waals surface area contributed by atoms with E-state index in [4.69, 9.17) is 17.3 Å². The fraction of sp³-hybridized carbons (Fsp3) is 0.533. The van der Waals surface area contributed by atoms with E-state index in [1.54, 1.807) is 18.2 Å². The Morgan fingerprint density at radius 1 is 1.35 bits per heavy atom. The molecular weight excluding hydrogens is 276 g/mol. The summed E-state index contributed by atoms with van der Waals surface area (Å²) in [6, 6.07) is 5.04. The molecule has 1 aromatic rings. The first-order chi connectivity index (χ1) is 9.63. The second kappa shape index (κ2) is 6.95. The number of nitrogen functional groups attached to an aromatic ring is 1. The van der Waals surface area contributed by atoms with Gasteiger partial charge in [0.25, 0.3) is 5.91 Å². The average molecular weight is 297 g/mol. The van der Waals surface area contributed by atoms with Crippen LogP contribution in [0.1, 0.15) is 36.0 Å². The first kappa shape index (κ1) is 15.1. The molecule has 1 amide bonds. The molecule has 0 aromatic heterocycles. The lowest BCUT2D eigenvalue weighted by Gasteiger charge is -2.30. The highest BCUT2D eigenvalue weighted by Crippen LogP contribution is 2.29. The molecule has 20 heavy (non-hydrogen) atoms. The van der Waals surface area contributed by atoms with Gasteiger partial charge in [-0.1, -0.05) is 30.5 Å². The van der Waals surface area contributed by atoms with Crippen molar-refractivity contribution in [2.45, 2.75) is 25.7 Å². The van der Waals surface area contributed by atoms with Crippen molar-refractivity contribution in [1.29, 1.82) is 0 Å². The van der Waals surface area contributed by atoms with Crippen LogP contribution in [-0.4, -0.2) is 24.2 Å². The van der Waals surface area contributed by atoms with Gasteiger partial charge in [-0.05, 0) is 36.8 Å². The number of halogens is 1. The first-order valence-corrected chi connectivity index (χ1v) is 7.44. The summed E-state index contributed by atoms with van der Waals surface area (Å²) in [7, 11) is 0. The number of para-hydroxylation sites is 1. The summed E-state index contributed by atoms with van der Waals surface area (Å²) in [6.07, 6.45) is 4.42. The molecule has 0 radical (unpaired) electrons. The van der Waals surface area contributed by atoms with Gasteiger partial charge >= 0.3 is 0 Å².